The molecule has 162 valence electrons. The minimum atomic E-state index is -4.55. The molecular formula is C22H18F4N2O3. The second-order valence-corrected chi connectivity index (χ2v) is 7.78. The number of hydrogen-bond donors (Lipinski definition) is 2. The maximum absolute atomic E-state index is 13.5. The van der Waals surface area contributed by atoms with Crippen LogP contribution in [0.5, 0.6) is 0 Å². The highest BCUT2D eigenvalue weighted by Crippen LogP contribution is 2.61. The van der Waals surface area contributed by atoms with Gasteiger partial charge in [0.15, 0.2) is 0 Å². The second kappa shape index (κ2) is 7.11. The van der Waals surface area contributed by atoms with Gasteiger partial charge in [-0.3, -0.25) is 9.59 Å². The summed E-state index contributed by atoms with van der Waals surface area (Å²) in [5.74, 6) is -2.82. The van der Waals surface area contributed by atoms with Gasteiger partial charge in [0.05, 0.1) is 16.9 Å². The third kappa shape index (κ3) is 3.64. The first-order valence-corrected chi connectivity index (χ1v) is 9.49. The van der Waals surface area contributed by atoms with Crippen molar-refractivity contribution in [1.82, 2.24) is 0 Å². The minimum absolute atomic E-state index is 0.0306. The molecule has 2 amide bonds. The molecule has 1 fully saturated rings. The summed E-state index contributed by atoms with van der Waals surface area (Å²) < 4.78 is 57.9. The fourth-order valence-corrected chi connectivity index (χ4v) is 4.07. The van der Waals surface area contributed by atoms with E-state index in [2.05, 4.69) is 5.32 Å². The van der Waals surface area contributed by atoms with E-state index in [1.54, 1.807) is 13.0 Å². The van der Waals surface area contributed by atoms with E-state index in [0.29, 0.717) is 16.7 Å². The number of nitrogens with one attached hydrogen (secondary N) is 1. The van der Waals surface area contributed by atoms with Gasteiger partial charge in [0.25, 0.3) is 0 Å². The number of halogens is 4. The molecule has 5 nitrogen and oxygen atoms in total. The molecule has 9 heteroatoms. The average molecular weight is 434 g/mol. The Balaban J connectivity index is 1.57. The number of nitrogens with two attached hydrogens (primary N) is 1. The Morgan fingerprint density at radius 2 is 1.94 bits per heavy atom. The fraction of sp³-hybridized carbons (Fsp3) is 0.273. The number of hydrogen-bond acceptors (Lipinski definition) is 3. The lowest BCUT2D eigenvalue weighted by Crippen LogP contribution is -2.34. The van der Waals surface area contributed by atoms with E-state index >= 15 is 0 Å². The van der Waals surface area contributed by atoms with E-state index in [-0.39, 0.29) is 12.1 Å². The summed E-state index contributed by atoms with van der Waals surface area (Å²) in [4.78, 5) is 25.0. The number of carbonyl (C=O) groups excluding carboxylic acids is 2. The molecule has 1 aromatic heterocycles. The van der Waals surface area contributed by atoms with Gasteiger partial charge in [-0.15, -0.1) is 0 Å². The van der Waals surface area contributed by atoms with Crippen LogP contribution in [0.3, 0.4) is 0 Å². The van der Waals surface area contributed by atoms with Crippen LogP contribution in [0.4, 0.5) is 23.2 Å². The van der Waals surface area contributed by atoms with Crippen LogP contribution in [-0.4, -0.2) is 11.8 Å². The van der Waals surface area contributed by atoms with Crippen molar-refractivity contribution in [3.8, 4) is 0 Å². The molecule has 1 saturated carbocycles. The number of amides is 2. The average Bonchev–Trinajstić information content (AvgIpc) is 3.33. The molecule has 0 aliphatic heterocycles. The van der Waals surface area contributed by atoms with Crippen molar-refractivity contribution in [3.05, 3.63) is 65.7 Å². The zero-order chi connectivity index (χ0) is 22.6. The van der Waals surface area contributed by atoms with E-state index in [1.807, 2.05) is 0 Å². The number of rotatable bonds is 5. The molecule has 3 N–H and O–H groups in total. The predicted molar refractivity (Wildman–Crippen MR) is 104 cm³/mol. The van der Waals surface area contributed by atoms with Crippen LogP contribution in [0.15, 0.2) is 52.9 Å². The van der Waals surface area contributed by atoms with E-state index < -0.39 is 46.6 Å². The lowest BCUT2D eigenvalue weighted by molar-refractivity contribution is -0.137. The van der Waals surface area contributed by atoms with E-state index in [4.69, 9.17) is 10.2 Å². The van der Waals surface area contributed by atoms with Gasteiger partial charge < -0.3 is 15.5 Å². The van der Waals surface area contributed by atoms with Crippen LogP contribution >= 0.6 is 0 Å². The quantitative estimate of drug-likeness (QED) is 0.565. The normalized spacial score (nSPS) is 21.6. The van der Waals surface area contributed by atoms with Gasteiger partial charge in [0.1, 0.15) is 17.2 Å². The first kappa shape index (κ1) is 20.9. The number of alkyl halides is 3. The van der Waals surface area contributed by atoms with Crippen molar-refractivity contribution in [3.63, 3.8) is 0 Å². The first-order chi connectivity index (χ1) is 14.5. The lowest BCUT2D eigenvalue weighted by atomic mass is 9.85. The molecule has 0 saturated heterocycles. The van der Waals surface area contributed by atoms with Crippen molar-refractivity contribution in [2.24, 2.45) is 17.1 Å². The van der Waals surface area contributed by atoms with Gasteiger partial charge >= 0.3 is 6.18 Å². The first-order valence-electron chi connectivity index (χ1n) is 9.49. The van der Waals surface area contributed by atoms with Gasteiger partial charge in [-0.25, -0.2) is 4.39 Å². The molecule has 0 bridgehead atoms. The largest absolute Gasteiger partial charge is 0.461 e. The Labute approximate surface area is 174 Å². The number of benzene rings is 2. The maximum Gasteiger partial charge on any atom is 0.416 e. The van der Waals surface area contributed by atoms with Crippen LogP contribution in [0.25, 0.3) is 11.0 Å². The number of primary amides is 1. The minimum Gasteiger partial charge on any atom is -0.461 e. The van der Waals surface area contributed by atoms with Crippen molar-refractivity contribution < 1.29 is 31.6 Å². The van der Waals surface area contributed by atoms with Crippen LogP contribution in [0.2, 0.25) is 0 Å². The second-order valence-electron chi connectivity index (χ2n) is 7.78. The van der Waals surface area contributed by atoms with Gasteiger partial charge in [0, 0.05) is 17.0 Å². The maximum atomic E-state index is 13.5. The van der Waals surface area contributed by atoms with Gasteiger partial charge in [-0.2, -0.15) is 13.2 Å². The Morgan fingerprint density at radius 3 is 2.61 bits per heavy atom. The summed E-state index contributed by atoms with van der Waals surface area (Å²) >= 11 is 0. The molecule has 3 atom stereocenters. The highest BCUT2D eigenvalue weighted by molar-refractivity contribution is 6.02. The zero-order valence-electron chi connectivity index (χ0n) is 16.3. The number of furan rings is 1. The van der Waals surface area contributed by atoms with Crippen molar-refractivity contribution >= 4 is 28.5 Å². The molecule has 31 heavy (non-hydrogen) atoms. The summed E-state index contributed by atoms with van der Waals surface area (Å²) in [5.41, 5.74) is 3.87. The van der Waals surface area contributed by atoms with Crippen LogP contribution in [-0.2, 0) is 15.8 Å². The van der Waals surface area contributed by atoms with Gasteiger partial charge in [-0.05, 0) is 48.9 Å². The lowest BCUT2D eigenvalue weighted by Gasteiger charge is -2.20. The van der Waals surface area contributed by atoms with Crippen molar-refractivity contribution in [2.75, 3.05) is 5.32 Å². The summed E-state index contributed by atoms with van der Waals surface area (Å²) in [5, 5.41) is 2.95. The van der Waals surface area contributed by atoms with Crippen molar-refractivity contribution in [1.29, 1.82) is 0 Å². The molecule has 1 heterocycles. The molecule has 1 aliphatic carbocycles. The van der Waals surface area contributed by atoms with Crippen LogP contribution in [0.1, 0.15) is 30.6 Å². The number of fused-ring (bicyclic) bond motifs is 1. The standard InChI is InChI=1S/C22H18F4N2O3/c1-11(18-8-12-7-14(23)5-6-17(12)31-18)21(20(27)30)10-16(21)19(29)28-15-4-2-3-13(9-15)22(24,25)26/h2-9,11,16H,10H2,1H3,(H2,27,30)(H,28,29)/t11-,16?,21?/m0/s1. The Morgan fingerprint density at radius 1 is 1.19 bits per heavy atom. The molecular weight excluding hydrogens is 416 g/mol. The van der Waals surface area contributed by atoms with Crippen LogP contribution < -0.4 is 11.1 Å². The molecule has 2 unspecified atom stereocenters. The smallest absolute Gasteiger partial charge is 0.416 e. The van der Waals surface area contributed by atoms with E-state index in [0.717, 1.165) is 12.1 Å². The third-order valence-electron chi connectivity index (χ3n) is 5.93. The molecule has 2 aromatic carbocycles. The van der Waals surface area contributed by atoms with Gasteiger partial charge in [-0.1, -0.05) is 13.0 Å². The number of carbonyl (C=O) groups is 2. The molecule has 1 aliphatic rings. The topological polar surface area (TPSA) is 85.3 Å². The molecule has 3 aromatic rings. The molecule has 0 spiro atoms. The molecule has 4 rings (SSSR count). The number of anilines is 1. The Hall–Kier alpha value is -3.36. The summed E-state index contributed by atoms with van der Waals surface area (Å²) in [6, 6.07) is 9.82. The summed E-state index contributed by atoms with van der Waals surface area (Å²) in [7, 11) is 0. The Bertz CT molecular complexity index is 1190. The fourth-order valence-electron chi connectivity index (χ4n) is 4.07. The highest BCUT2D eigenvalue weighted by Gasteiger charge is 2.66. The molecule has 0 radical (unpaired) electrons. The zero-order valence-corrected chi connectivity index (χ0v) is 16.3. The van der Waals surface area contributed by atoms with Crippen molar-refractivity contribution in [2.45, 2.75) is 25.4 Å². The highest BCUT2D eigenvalue weighted by atomic mass is 19.4. The predicted octanol–water partition coefficient (Wildman–Crippen LogP) is 4.82. The van der Waals surface area contributed by atoms with Gasteiger partial charge in [0.2, 0.25) is 11.8 Å². The van der Waals surface area contributed by atoms with E-state index in [9.17, 15) is 27.2 Å². The van der Waals surface area contributed by atoms with Crippen LogP contribution in [0, 0.1) is 17.2 Å². The SMILES string of the molecule is C[C@@H](c1cc2cc(F)ccc2o1)C1(C(N)=O)CC1C(=O)Nc1cccc(C(F)(F)F)c1. The Kier molecular flexibility index (Phi) is 4.79. The monoisotopic (exact) mass is 434 g/mol. The van der Waals surface area contributed by atoms with E-state index in [1.165, 1.54) is 30.3 Å². The summed E-state index contributed by atoms with van der Waals surface area (Å²) in [6.07, 6.45) is -4.42. The summed E-state index contributed by atoms with van der Waals surface area (Å²) in [6.45, 7) is 1.68. The third-order valence-corrected chi connectivity index (χ3v) is 5.93.